The molecule has 6 nitrogen and oxygen atoms in total. The van der Waals surface area contributed by atoms with Gasteiger partial charge in [-0.05, 0) is 33.0 Å². The van der Waals surface area contributed by atoms with Gasteiger partial charge in [-0.2, -0.15) is 4.72 Å². The summed E-state index contributed by atoms with van der Waals surface area (Å²) >= 11 is 0. The van der Waals surface area contributed by atoms with E-state index in [4.69, 9.17) is 0 Å². The first-order valence-corrected chi connectivity index (χ1v) is 7.87. The van der Waals surface area contributed by atoms with Crippen molar-refractivity contribution in [3.63, 3.8) is 0 Å². The van der Waals surface area contributed by atoms with E-state index >= 15 is 0 Å². The Morgan fingerprint density at radius 2 is 1.80 bits per heavy atom. The van der Waals surface area contributed by atoms with Gasteiger partial charge in [0.2, 0.25) is 15.9 Å². The fourth-order valence-corrected chi connectivity index (χ4v) is 2.69. The van der Waals surface area contributed by atoms with Crippen molar-refractivity contribution in [3.05, 3.63) is 30.3 Å². The van der Waals surface area contributed by atoms with Crippen molar-refractivity contribution in [1.82, 2.24) is 15.4 Å². The van der Waals surface area contributed by atoms with Gasteiger partial charge in [-0.1, -0.05) is 18.2 Å². The third-order valence-corrected chi connectivity index (χ3v) is 4.41. The van der Waals surface area contributed by atoms with Crippen LogP contribution in [0, 0.1) is 0 Å². The predicted molar refractivity (Wildman–Crippen MR) is 77.8 cm³/mol. The topological polar surface area (TPSA) is 87.3 Å². The molecular formula is C13H21N3O3S. The minimum absolute atomic E-state index is 0.122. The van der Waals surface area contributed by atoms with Gasteiger partial charge in [0.25, 0.3) is 0 Å². The van der Waals surface area contributed by atoms with Crippen molar-refractivity contribution in [2.24, 2.45) is 0 Å². The van der Waals surface area contributed by atoms with Gasteiger partial charge in [0, 0.05) is 12.6 Å². The van der Waals surface area contributed by atoms with Crippen LogP contribution in [0.15, 0.2) is 35.2 Å². The van der Waals surface area contributed by atoms with E-state index in [0.29, 0.717) is 6.54 Å². The number of amides is 1. The molecule has 1 aromatic rings. The Hall–Kier alpha value is -1.44. The molecule has 0 aliphatic heterocycles. The standard InChI is InChI=1S/C13H21N3O3S/c1-10(14-3)9-15-13(17)11(2)16-20(18,19)12-7-5-4-6-8-12/h4-8,10-11,14,16H,9H2,1-3H3,(H,15,17). The summed E-state index contributed by atoms with van der Waals surface area (Å²) in [6.45, 7) is 3.87. The lowest BCUT2D eigenvalue weighted by Crippen LogP contribution is -2.47. The molecule has 3 N–H and O–H groups in total. The van der Waals surface area contributed by atoms with Crippen LogP contribution in [0.1, 0.15) is 13.8 Å². The first-order valence-electron chi connectivity index (χ1n) is 6.39. The van der Waals surface area contributed by atoms with Crippen LogP contribution in [-0.2, 0) is 14.8 Å². The number of carbonyl (C=O) groups excluding carboxylic acids is 1. The third kappa shape index (κ3) is 4.92. The van der Waals surface area contributed by atoms with E-state index in [1.54, 1.807) is 25.2 Å². The van der Waals surface area contributed by atoms with Crippen LogP contribution in [0.3, 0.4) is 0 Å². The summed E-state index contributed by atoms with van der Waals surface area (Å²) < 4.78 is 26.4. The van der Waals surface area contributed by atoms with E-state index in [0.717, 1.165) is 0 Å². The molecule has 7 heteroatoms. The van der Waals surface area contributed by atoms with E-state index < -0.39 is 16.1 Å². The van der Waals surface area contributed by atoms with Crippen LogP contribution in [-0.4, -0.2) is 40.0 Å². The average molecular weight is 299 g/mol. The summed E-state index contributed by atoms with van der Waals surface area (Å²) in [5.74, 6) is -0.355. The molecule has 0 radical (unpaired) electrons. The van der Waals surface area contributed by atoms with Crippen LogP contribution in [0.4, 0.5) is 0 Å². The Morgan fingerprint density at radius 3 is 2.35 bits per heavy atom. The molecule has 0 bridgehead atoms. The summed E-state index contributed by atoms with van der Waals surface area (Å²) in [5, 5.41) is 5.66. The molecule has 0 aliphatic rings. The third-order valence-electron chi connectivity index (χ3n) is 2.85. The second-order valence-corrected chi connectivity index (χ2v) is 6.30. The van der Waals surface area contributed by atoms with Gasteiger partial charge in [-0.15, -0.1) is 0 Å². The molecule has 1 aromatic carbocycles. The fourth-order valence-electron chi connectivity index (χ4n) is 1.46. The predicted octanol–water partition coefficient (Wildman–Crippen LogP) is 0.0775. The highest BCUT2D eigenvalue weighted by molar-refractivity contribution is 7.89. The van der Waals surface area contributed by atoms with E-state index in [9.17, 15) is 13.2 Å². The first kappa shape index (κ1) is 16.6. The highest BCUT2D eigenvalue weighted by Gasteiger charge is 2.21. The molecule has 1 rings (SSSR count). The zero-order valence-corrected chi connectivity index (χ0v) is 12.7. The largest absolute Gasteiger partial charge is 0.353 e. The van der Waals surface area contributed by atoms with Gasteiger partial charge in [0.05, 0.1) is 10.9 Å². The normalized spacial score (nSPS) is 14.6. The maximum atomic E-state index is 12.0. The molecule has 0 aromatic heterocycles. The van der Waals surface area contributed by atoms with Gasteiger partial charge < -0.3 is 10.6 Å². The number of likely N-dealkylation sites (N-methyl/N-ethyl adjacent to an activating group) is 1. The molecule has 0 saturated heterocycles. The number of carbonyl (C=O) groups is 1. The molecule has 0 fully saturated rings. The maximum absolute atomic E-state index is 12.0. The van der Waals surface area contributed by atoms with Crippen molar-refractivity contribution in [1.29, 1.82) is 0 Å². The highest BCUT2D eigenvalue weighted by atomic mass is 32.2. The Morgan fingerprint density at radius 1 is 1.20 bits per heavy atom. The van der Waals surface area contributed by atoms with E-state index in [1.165, 1.54) is 19.1 Å². The summed E-state index contributed by atoms with van der Waals surface area (Å²) in [4.78, 5) is 11.9. The van der Waals surface area contributed by atoms with Crippen LogP contribution < -0.4 is 15.4 Å². The average Bonchev–Trinajstić information content (AvgIpc) is 2.44. The van der Waals surface area contributed by atoms with Crippen molar-refractivity contribution >= 4 is 15.9 Å². The number of hydrogen-bond donors (Lipinski definition) is 3. The molecular weight excluding hydrogens is 278 g/mol. The zero-order chi connectivity index (χ0) is 15.2. The molecule has 112 valence electrons. The van der Waals surface area contributed by atoms with Gasteiger partial charge in [-0.3, -0.25) is 4.79 Å². The lowest BCUT2D eigenvalue weighted by atomic mass is 10.3. The van der Waals surface area contributed by atoms with Crippen molar-refractivity contribution < 1.29 is 13.2 Å². The molecule has 2 atom stereocenters. The number of benzene rings is 1. The smallest absolute Gasteiger partial charge is 0.241 e. The van der Waals surface area contributed by atoms with Crippen LogP contribution in [0.2, 0.25) is 0 Å². The zero-order valence-electron chi connectivity index (χ0n) is 11.9. The van der Waals surface area contributed by atoms with Crippen LogP contribution >= 0.6 is 0 Å². The van der Waals surface area contributed by atoms with Crippen molar-refractivity contribution in [3.8, 4) is 0 Å². The Bertz CT molecular complexity index is 531. The lowest BCUT2D eigenvalue weighted by Gasteiger charge is -2.16. The molecule has 0 aliphatic carbocycles. The van der Waals surface area contributed by atoms with Crippen molar-refractivity contribution in [2.45, 2.75) is 30.8 Å². The quantitative estimate of drug-likeness (QED) is 0.665. The monoisotopic (exact) mass is 299 g/mol. The first-order chi connectivity index (χ1) is 9.36. The summed E-state index contributed by atoms with van der Waals surface area (Å²) in [5.41, 5.74) is 0. The SMILES string of the molecule is CNC(C)CNC(=O)C(C)NS(=O)(=O)c1ccccc1. The minimum atomic E-state index is -3.68. The van der Waals surface area contributed by atoms with Crippen molar-refractivity contribution in [2.75, 3.05) is 13.6 Å². The number of sulfonamides is 1. The molecule has 1 amide bonds. The molecule has 2 unspecified atom stereocenters. The second kappa shape index (κ2) is 7.37. The summed E-state index contributed by atoms with van der Waals surface area (Å²) in [6.07, 6.45) is 0. The molecule has 0 heterocycles. The second-order valence-electron chi connectivity index (χ2n) is 4.59. The summed E-state index contributed by atoms with van der Waals surface area (Å²) in [6, 6.07) is 7.25. The van der Waals surface area contributed by atoms with Gasteiger partial charge in [0.1, 0.15) is 0 Å². The van der Waals surface area contributed by atoms with Gasteiger partial charge >= 0.3 is 0 Å². The number of hydrogen-bond acceptors (Lipinski definition) is 4. The molecule has 0 saturated carbocycles. The Balaban J connectivity index is 2.61. The van der Waals surface area contributed by atoms with E-state index in [1.807, 2.05) is 6.92 Å². The van der Waals surface area contributed by atoms with Crippen LogP contribution in [0.25, 0.3) is 0 Å². The van der Waals surface area contributed by atoms with E-state index in [-0.39, 0.29) is 16.8 Å². The summed E-state index contributed by atoms with van der Waals surface area (Å²) in [7, 11) is -1.89. The molecule has 20 heavy (non-hydrogen) atoms. The van der Waals surface area contributed by atoms with Gasteiger partial charge in [-0.25, -0.2) is 8.42 Å². The Labute approximate surface area is 120 Å². The minimum Gasteiger partial charge on any atom is -0.353 e. The van der Waals surface area contributed by atoms with Gasteiger partial charge in [0.15, 0.2) is 0 Å². The lowest BCUT2D eigenvalue weighted by molar-refractivity contribution is -0.122. The Kier molecular flexibility index (Phi) is 6.12. The number of nitrogens with one attached hydrogen (secondary N) is 3. The maximum Gasteiger partial charge on any atom is 0.241 e. The number of rotatable bonds is 7. The van der Waals surface area contributed by atoms with E-state index in [2.05, 4.69) is 15.4 Å². The van der Waals surface area contributed by atoms with Crippen LogP contribution in [0.5, 0.6) is 0 Å². The fraction of sp³-hybridized carbons (Fsp3) is 0.462. The molecule has 0 spiro atoms. The highest BCUT2D eigenvalue weighted by Crippen LogP contribution is 2.07.